The van der Waals surface area contributed by atoms with Crippen molar-refractivity contribution < 1.29 is 19.5 Å². The van der Waals surface area contributed by atoms with Crippen LogP contribution < -0.4 is 5.32 Å². The number of carbonyl (C=O) groups excluding carboxylic acids is 2. The molecule has 1 fully saturated rings. The fourth-order valence-corrected chi connectivity index (χ4v) is 3.79. The van der Waals surface area contributed by atoms with Gasteiger partial charge in [0, 0.05) is 23.6 Å². The molecular formula is C21H21N3O4S. The molecule has 7 nitrogen and oxygen atoms in total. The van der Waals surface area contributed by atoms with E-state index in [1.807, 2.05) is 31.4 Å². The number of benzene rings is 1. The molecular weight excluding hydrogens is 390 g/mol. The highest BCUT2D eigenvalue weighted by atomic mass is 32.1. The zero-order valence-electron chi connectivity index (χ0n) is 16.6. The number of nitrogens with one attached hydrogen (secondary N) is 1. The largest absolute Gasteiger partial charge is 0.478 e. The van der Waals surface area contributed by atoms with Crippen molar-refractivity contribution in [3.8, 4) is 5.69 Å². The van der Waals surface area contributed by atoms with E-state index in [1.165, 1.54) is 4.90 Å². The van der Waals surface area contributed by atoms with E-state index in [4.69, 9.17) is 12.2 Å². The van der Waals surface area contributed by atoms with E-state index in [0.29, 0.717) is 6.54 Å². The zero-order valence-corrected chi connectivity index (χ0v) is 17.4. The molecule has 1 saturated heterocycles. The summed E-state index contributed by atoms with van der Waals surface area (Å²) in [6.07, 6.45) is 1.57. The Morgan fingerprint density at radius 2 is 1.90 bits per heavy atom. The number of amides is 2. The van der Waals surface area contributed by atoms with Crippen LogP contribution in [0.1, 0.15) is 39.8 Å². The highest BCUT2D eigenvalue weighted by Crippen LogP contribution is 2.26. The van der Waals surface area contributed by atoms with Gasteiger partial charge in [-0.3, -0.25) is 19.8 Å². The van der Waals surface area contributed by atoms with E-state index in [1.54, 1.807) is 31.2 Å². The molecule has 0 bridgehead atoms. The van der Waals surface area contributed by atoms with Crippen LogP contribution in [0, 0.1) is 20.8 Å². The third-order valence-corrected chi connectivity index (χ3v) is 5.28. The lowest BCUT2D eigenvalue weighted by Gasteiger charge is -2.27. The first-order valence-corrected chi connectivity index (χ1v) is 9.48. The first kappa shape index (κ1) is 20.5. The van der Waals surface area contributed by atoms with Gasteiger partial charge in [-0.25, -0.2) is 4.79 Å². The van der Waals surface area contributed by atoms with Crippen LogP contribution in [0.3, 0.4) is 0 Å². The first-order valence-electron chi connectivity index (χ1n) is 9.07. The van der Waals surface area contributed by atoms with Gasteiger partial charge in [-0.05, 0) is 81.4 Å². The Morgan fingerprint density at radius 3 is 2.48 bits per heavy atom. The topological polar surface area (TPSA) is 91.6 Å². The summed E-state index contributed by atoms with van der Waals surface area (Å²) in [7, 11) is 0. The smallest absolute Gasteiger partial charge is 0.335 e. The van der Waals surface area contributed by atoms with E-state index < -0.39 is 17.8 Å². The summed E-state index contributed by atoms with van der Waals surface area (Å²) in [6.45, 7) is 7.79. The van der Waals surface area contributed by atoms with Crippen molar-refractivity contribution in [1.82, 2.24) is 14.8 Å². The normalized spacial score (nSPS) is 15.8. The second-order valence-electron chi connectivity index (χ2n) is 6.84. The standard InChI is InChI=1S/C21H21N3O4S/c1-5-23-19(26)16(18(25)22-21(23)29)10-15-9-12(3)24(13(15)4)17-7-6-14(20(27)28)8-11(17)2/h6-10H,5H2,1-4H3,(H,27,28)(H,22,25,29)/b16-10+. The van der Waals surface area contributed by atoms with Gasteiger partial charge in [0.25, 0.3) is 11.8 Å². The van der Waals surface area contributed by atoms with Gasteiger partial charge in [0.2, 0.25) is 0 Å². The van der Waals surface area contributed by atoms with Gasteiger partial charge in [0.15, 0.2) is 5.11 Å². The van der Waals surface area contributed by atoms with Gasteiger partial charge >= 0.3 is 5.97 Å². The van der Waals surface area contributed by atoms with E-state index in [-0.39, 0.29) is 16.2 Å². The number of likely N-dealkylation sites (N-methyl/N-ethyl adjacent to an activating group) is 1. The Balaban J connectivity index is 2.08. The minimum atomic E-state index is -0.980. The first-order chi connectivity index (χ1) is 13.6. The summed E-state index contributed by atoms with van der Waals surface area (Å²) in [5, 5.41) is 11.8. The molecule has 150 valence electrons. The predicted octanol–water partition coefficient (Wildman–Crippen LogP) is 2.75. The number of hydrogen-bond acceptors (Lipinski definition) is 4. The highest BCUT2D eigenvalue weighted by molar-refractivity contribution is 7.80. The number of thiocarbonyl (C=S) groups is 1. The van der Waals surface area contributed by atoms with Gasteiger partial charge in [-0.2, -0.15) is 0 Å². The number of rotatable bonds is 4. The molecule has 0 spiro atoms. The van der Waals surface area contributed by atoms with Crippen LogP contribution in [0.4, 0.5) is 0 Å². The Bertz CT molecular complexity index is 1100. The average Bonchev–Trinajstić information content (AvgIpc) is 2.92. The second kappa shape index (κ2) is 7.63. The van der Waals surface area contributed by atoms with Crippen molar-refractivity contribution in [3.63, 3.8) is 0 Å². The molecule has 3 rings (SSSR count). The lowest BCUT2D eigenvalue weighted by Crippen LogP contribution is -2.53. The third kappa shape index (κ3) is 3.58. The minimum Gasteiger partial charge on any atom is -0.478 e. The number of aromatic nitrogens is 1. The quantitative estimate of drug-likeness (QED) is 0.459. The van der Waals surface area contributed by atoms with Crippen molar-refractivity contribution in [3.05, 3.63) is 57.9 Å². The number of carboxylic acids is 1. The number of nitrogens with zero attached hydrogens (tertiary/aromatic N) is 2. The van der Waals surface area contributed by atoms with Gasteiger partial charge in [-0.15, -0.1) is 0 Å². The van der Waals surface area contributed by atoms with Gasteiger partial charge < -0.3 is 9.67 Å². The number of hydrogen-bond donors (Lipinski definition) is 2. The zero-order chi connectivity index (χ0) is 21.5. The van der Waals surface area contributed by atoms with Gasteiger partial charge in [-0.1, -0.05) is 0 Å². The SMILES string of the molecule is CCN1C(=O)/C(=C/c2cc(C)n(-c3ccc(C(=O)O)cc3C)c2C)C(=O)NC1=S. The molecule has 2 N–H and O–H groups in total. The van der Waals surface area contributed by atoms with E-state index in [9.17, 15) is 19.5 Å². The van der Waals surface area contributed by atoms with E-state index in [0.717, 1.165) is 28.2 Å². The molecule has 29 heavy (non-hydrogen) atoms. The number of carboxylic acid groups (broad SMARTS) is 1. The van der Waals surface area contributed by atoms with Crippen LogP contribution in [0.2, 0.25) is 0 Å². The van der Waals surface area contributed by atoms with Crippen LogP contribution in [0.25, 0.3) is 11.8 Å². The van der Waals surface area contributed by atoms with Crippen molar-refractivity contribution in [2.45, 2.75) is 27.7 Å². The Kier molecular flexibility index (Phi) is 5.39. The Morgan fingerprint density at radius 1 is 1.21 bits per heavy atom. The molecule has 2 heterocycles. The lowest BCUT2D eigenvalue weighted by atomic mass is 10.1. The highest BCUT2D eigenvalue weighted by Gasteiger charge is 2.32. The molecule has 0 unspecified atom stereocenters. The summed E-state index contributed by atoms with van der Waals surface area (Å²) >= 11 is 5.06. The van der Waals surface area contributed by atoms with Crippen molar-refractivity contribution in [2.75, 3.05) is 6.54 Å². The summed E-state index contributed by atoms with van der Waals surface area (Å²) in [5.74, 6) is -1.92. The van der Waals surface area contributed by atoms with Crippen LogP contribution in [-0.4, -0.2) is 44.0 Å². The molecule has 1 aromatic carbocycles. The van der Waals surface area contributed by atoms with Gasteiger partial charge in [0.05, 0.1) is 5.56 Å². The molecule has 2 aromatic rings. The summed E-state index contributed by atoms with van der Waals surface area (Å²) in [4.78, 5) is 37.5. The summed E-state index contributed by atoms with van der Waals surface area (Å²) < 4.78 is 1.97. The Hall–Kier alpha value is -3.26. The summed E-state index contributed by atoms with van der Waals surface area (Å²) in [6, 6.07) is 6.81. The number of carbonyl (C=O) groups is 3. The van der Waals surface area contributed by atoms with Crippen LogP contribution in [0.5, 0.6) is 0 Å². The number of aryl methyl sites for hydroxylation is 2. The molecule has 2 amide bonds. The summed E-state index contributed by atoms with van der Waals surface area (Å²) in [5.41, 5.74) is 4.34. The molecule has 0 radical (unpaired) electrons. The second-order valence-corrected chi connectivity index (χ2v) is 7.22. The Labute approximate surface area is 173 Å². The number of aromatic carboxylic acids is 1. The molecule has 1 aliphatic rings. The molecule has 1 aromatic heterocycles. The lowest BCUT2D eigenvalue weighted by molar-refractivity contribution is -0.128. The maximum Gasteiger partial charge on any atom is 0.335 e. The van der Waals surface area contributed by atoms with Crippen molar-refractivity contribution in [1.29, 1.82) is 0 Å². The van der Waals surface area contributed by atoms with Crippen molar-refractivity contribution >= 4 is 41.2 Å². The molecule has 8 heteroatoms. The van der Waals surface area contributed by atoms with Gasteiger partial charge in [0.1, 0.15) is 5.57 Å². The van der Waals surface area contributed by atoms with Crippen LogP contribution in [-0.2, 0) is 9.59 Å². The average molecular weight is 411 g/mol. The molecule has 0 saturated carbocycles. The molecule has 1 aliphatic heterocycles. The predicted molar refractivity (Wildman–Crippen MR) is 113 cm³/mol. The van der Waals surface area contributed by atoms with E-state index in [2.05, 4.69) is 5.32 Å². The molecule has 0 atom stereocenters. The fraction of sp³-hybridized carbons (Fsp3) is 0.238. The minimum absolute atomic E-state index is 0.0265. The van der Waals surface area contributed by atoms with E-state index >= 15 is 0 Å². The fourth-order valence-electron chi connectivity index (χ4n) is 3.48. The maximum atomic E-state index is 12.7. The van der Waals surface area contributed by atoms with Crippen molar-refractivity contribution in [2.24, 2.45) is 0 Å². The maximum absolute atomic E-state index is 12.7. The monoisotopic (exact) mass is 411 g/mol. The molecule has 0 aliphatic carbocycles. The third-order valence-electron chi connectivity index (χ3n) is 4.96. The van der Waals surface area contributed by atoms with Crippen LogP contribution in [0.15, 0.2) is 29.8 Å². The van der Waals surface area contributed by atoms with Crippen LogP contribution >= 0.6 is 12.2 Å².